The predicted molar refractivity (Wildman–Crippen MR) is 132 cm³/mol. The molecule has 10 nitrogen and oxygen atoms in total. The fourth-order valence-electron chi connectivity index (χ4n) is 4.06. The third kappa shape index (κ3) is 5.18. The van der Waals surface area contributed by atoms with Crippen LogP contribution in [0.3, 0.4) is 0 Å². The number of piperidine rings is 1. The van der Waals surface area contributed by atoms with Gasteiger partial charge in [-0.2, -0.15) is 15.6 Å². The highest BCUT2D eigenvalue weighted by molar-refractivity contribution is 6.47. The molecule has 0 bridgehead atoms. The summed E-state index contributed by atoms with van der Waals surface area (Å²) in [7, 11) is 0. The number of likely N-dealkylation sites (tertiary alicyclic amines) is 1. The molecule has 0 spiro atoms. The summed E-state index contributed by atoms with van der Waals surface area (Å²) in [5, 5.41) is 23.1. The number of fused-ring (bicyclic) bond motifs is 1. The van der Waals surface area contributed by atoms with Crippen LogP contribution in [0.2, 0.25) is 5.15 Å². The number of halogens is 1. The van der Waals surface area contributed by atoms with Crippen LogP contribution in [0.4, 0.5) is 0 Å². The average molecular weight is 490 g/mol. The molecule has 1 saturated heterocycles. The van der Waals surface area contributed by atoms with Crippen LogP contribution in [0.5, 0.6) is 5.88 Å². The minimum absolute atomic E-state index is 0.0878. The molecule has 11 heteroatoms. The maximum absolute atomic E-state index is 9.58. The minimum Gasteiger partial charge on any atom is -0.471 e. The molecule has 4 heterocycles. The topological polar surface area (TPSA) is 141 Å². The van der Waals surface area contributed by atoms with E-state index in [-0.39, 0.29) is 12.1 Å². The molecule has 0 aromatic carbocycles. The average Bonchev–Trinajstić information content (AvgIpc) is 3.29. The third-order valence-electron chi connectivity index (χ3n) is 5.93. The van der Waals surface area contributed by atoms with Gasteiger partial charge in [0.05, 0.1) is 18.0 Å². The number of aromatic nitrogens is 3. The van der Waals surface area contributed by atoms with Crippen molar-refractivity contribution in [2.45, 2.75) is 38.8 Å². The summed E-state index contributed by atoms with van der Waals surface area (Å²) >= 11 is 5.91. The van der Waals surface area contributed by atoms with Crippen molar-refractivity contribution in [3.05, 3.63) is 58.6 Å². The van der Waals surface area contributed by atoms with E-state index >= 15 is 0 Å². The fraction of sp³-hybridized carbons (Fsp3) is 0.333. The summed E-state index contributed by atoms with van der Waals surface area (Å²) in [6.45, 7) is 5.10. The number of aliphatic imine (C=N–C) groups is 1. The second-order valence-corrected chi connectivity index (χ2v) is 8.60. The van der Waals surface area contributed by atoms with E-state index in [1.807, 2.05) is 19.9 Å². The van der Waals surface area contributed by atoms with E-state index < -0.39 is 0 Å². The molecule has 0 aliphatic carbocycles. The first-order valence-electron chi connectivity index (χ1n) is 11.1. The first-order chi connectivity index (χ1) is 16.9. The van der Waals surface area contributed by atoms with Gasteiger partial charge in [0.2, 0.25) is 5.88 Å². The van der Waals surface area contributed by atoms with Crippen LogP contribution in [0.15, 0.2) is 46.8 Å². The standard InChI is InChI=1S/C24H24ClN9O/c1-15(31-19-5-7-33(14-27)8-6-19)24(32-28)18-9-22-30-13-20(11-26)34(22)23(10-18)35-16(2)17-3-4-21(25)29-12-17/h3-4,9-10,12-13,16,19H,5-8,28H2,1-2H3/b31-15?,32-24+. The number of hydrazone groups is 1. The van der Waals surface area contributed by atoms with E-state index in [0.717, 1.165) is 18.4 Å². The SMILES string of the molecule is CC(=NC1CCN(C#N)CC1)/C(=N\N)c1cc(OC(C)c2ccc(Cl)nc2)n2c(C#N)cnc2c1. The summed E-state index contributed by atoms with van der Waals surface area (Å²) in [5.41, 5.74) is 3.53. The smallest absolute Gasteiger partial charge is 0.201 e. The summed E-state index contributed by atoms with van der Waals surface area (Å²) in [4.78, 5) is 15.1. The number of hydrogen-bond acceptors (Lipinski definition) is 9. The van der Waals surface area contributed by atoms with Gasteiger partial charge in [-0.15, -0.1) is 0 Å². The van der Waals surface area contributed by atoms with Crippen molar-refractivity contribution in [2.75, 3.05) is 13.1 Å². The lowest BCUT2D eigenvalue weighted by molar-refractivity contribution is 0.214. The lowest BCUT2D eigenvalue weighted by atomic mass is 10.0. The Labute approximate surface area is 207 Å². The van der Waals surface area contributed by atoms with Crippen LogP contribution in [0.25, 0.3) is 5.65 Å². The van der Waals surface area contributed by atoms with Gasteiger partial charge in [-0.25, -0.2) is 9.97 Å². The molecule has 1 aliphatic rings. The van der Waals surface area contributed by atoms with Crippen molar-refractivity contribution in [1.82, 2.24) is 19.3 Å². The van der Waals surface area contributed by atoms with E-state index in [4.69, 9.17) is 32.4 Å². The third-order valence-corrected chi connectivity index (χ3v) is 6.16. The molecule has 0 radical (unpaired) electrons. The Morgan fingerprint density at radius 2 is 2.00 bits per heavy atom. The van der Waals surface area contributed by atoms with Crippen molar-refractivity contribution in [2.24, 2.45) is 15.9 Å². The second kappa shape index (κ2) is 10.4. The Morgan fingerprint density at radius 3 is 2.63 bits per heavy atom. The number of nitrogens with zero attached hydrogens (tertiary/aromatic N) is 8. The molecule has 178 valence electrons. The molecule has 3 aromatic rings. The van der Waals surface area contributed by atoms with Crippen LogP contribution in [0.1, 0.15) is 49.6 Å². The number of ether oxygens (including phenoxy) is 1. The maximum atomic E-state index is 9.58. The quantitative estimate of drug-likeness (QED) is 0.184. The fourth-order valence-corrected chi connectivity index (χ4v) is 4.18. The van der Waals surface area contributed by atoms with Gasteiger partial charge < -0.3 is 15.5 Å². The zero-order valence-electron chi connectivity index (χ0n) is 19.4. The lowest BCUT2D eigenvalue weighted by Crippen LogP contribution is -2.32. The molecule has 1 fully saturated rings. The van der Waals surface area contributed by atoms with Crippen LogP contribution < -0.4 is 10.6 Å². The Hall–Kier alpha value is -4.15. The maximum Gasteiger partial charge on any atom is 0.201 e. The molecule has 35 heavy (non-hydrogen) atoms. The summed E-state index contributed by atoms with van der Waals surface area (Å²) in [6, 6.07) is 9.33. The van der Waals surface area contributed by atoms with E-state index in [0.29, 0.717) is 52.5 Å². The number of pyridine rings is 2. The van der Waals surface area contributed by atoms with Crippen LogP contribution in [0, 0.1) is 22.8 Å². The Morgan fingerprint density at radius 1 is 1.23 bits per heavy atom. The van der Waals surface area contributed by atoms with E-state index in [1.165, 1.54) is 6.20 Å². The number of nitriles is 2. The highest BCUT2D eigenvalue weighted by Gasteiger charge is 2.21. The number of rotatable bonds is 6. The van der Waals surface area contributed by atoms with E-state index in [9.17, 15) is 5.26 Å². The monoisotopic (exact) mass is 489 g/mol. The first-order valence-corrected chi connectivity index (χ1v) is 11.5. The molecule has 1 aliphatic heterocycles. The van der Waals surface area contributed by atoms with Crippen LogP contribution in [-0.4, -0.2) is 49.8 Å². The lowest BCUT2D eigenvalue weighted by Gasteiger charge is -2.26. The van der Waals surface area contributed by atoms with Crippen molar-refractivity contribution in [1.29, 1.82) is 10.5 Å². The molecule has 2 N–H and O–H groups in total. The summed E-state index contributed by atoms with van der Waals surface area (Å²) < 4.78 is 7.90. The number of hydrogen-bond donors (Lipinski definition) is 1. The zero-order chi connectivity index (χ0) is 24.9. The summed E-state index contributed by atoms with van der Waals surface area (Å²) in [5.74, 6) is 6.21. The van der Waals surface area contributed by atoms with Crippen molar-refractivity contribution >= 4 is 28.7 Å². The Kier molecular flexibility index (Phi) is 7.14. The molecule has 0 amide bonds. The number of imidazole rings is 1. The molecule has 3 aromatic heterocycles. The highest BCUT2D eigenvalue weighted by atomic mass is 35.5. The molecular weight excluding hydrogens is 466 g/mol. The first kappa shape index (κ1) is 24.0. The van der Waals surface area contributed by atoms with E-state index in [2.05, 4.69) is 27.3 Å². The number of nitrogens with two attached hydrogens (primary N) is 1. The second-order valence-electron chi connectivity index (χ2n) is 8.22. The molecule has 4 rings (SSSR count). The highest BCUT2D eigenvalue weighted by Crippen LogP contribution is 2.27. The Balaban J connectivity index is 1.68. The van der Waals surface area contributed by atoms with Gasteiger partial charge in [0.25, 0.3) is 0 Å². The normalized spacial score (nSPS) is 16.1. The molecular formula is C24H24ClN9O. The van der Waals surface area contributed by atoms with Gasteiger partial charge >= 0.3 is 0 Å². The van der Waals surface area contributed by atoms with Gasteiger partial charge in [-0.1, -0.05) is 17.7 Å². The Bertz CT molecular complexity index is 1360. The van der Waals surface area contributed by atoms with Gasteiger partial charge in [0.15, 0.2) is 6.19 Å². The van der Waals surface area contributed by atoms with Crippen molar-refractivity contribution < 1.29 is 4.74 Å². The van der Waals surface area contributed by atoms with Crippen LogP contribution in [-0.2, 0) is 0 Å². The molecule has 1 atom stereocenters. The largest absolute Gasteiger partial charge is 0.471 e. The minimum atomic E-state index is -0.384. The summed E-state index contributed by atoms with van der Waals surface area (Å²) in [6.07, 6.45) is 6.51. The van der Waals surface area contributed by atoms with Gasteiger partial charge in [-0.05, 0) is 38.8 Å². The predicted octanol–water partition coefficient (Wildman–Crippen LogP) is 3.46. The molecule has 0 saturated carbocycles. The van der Waals surface area contributed by atoms with Gasteiger partial charge in [0.1, 0.15) is 34.4 Å². The molecule has 1 unspecified atom stereocenters. The zero-order valence-corrected chi connectivity index (χ0v) is 20.1. The van der Waals surface area contributed by atoms with Crippen molar-refractivity contribution in [3.63, 3.8) is 0 Å². The van der Waals surface area contributed by atoms with Crippen molar-refractivity contribution in [3.8, 4) is 18.1 Å². The van der Waals surface area contributed by atoms with E-state index in [1.54, 1.807) is 33.7 Å². The van der Waals surface area contributed by atoms with Crippen LogP contribution >= 0.6 is 11.6 Å². The van der Waals surface area contributed by atoms with Gasteiger partial charge in [0, 0.05) is 36.5 Å². The van der Waals surface area contributed by atoms with Gasteiger partial charge in [-0.3, -0.25) is 9.39 Å².